The Bertz CT molecular complexity index is 1320. The van der Waals surface area contributed by atoms with Gasteiger partial charge in [0.1, 0.15) is 11.2 Å². The van der Waals surface area contributed by atoms with Crippen LogP contribution in [0.15, 0.2) is 59.3 Å². The van der Waals surface area contributed by atoms with E-state index in [2.05, 4.69) is 39.5 Å². The molecule has 4 heterocycles. The van der Waals surface area contributed by atoms with Crippen LogP contribution in [0, 0.1) is 5.41 Å². The van der Waals surface area contributed by atoms with Crippen LogP contribution in [-0.2, 0) is 4.79 Å². The minimum atomic E-state index is -0.213. The number of benzene rings is 2. The van der Waals surface area contributed by atoms with Gasteiger partial charge in [-0.3, -0.25) is 9.78 Å². The normalized spacial score (nSPS) is 18.2. The van der Waals surface area contributed by atoms with E-state index in [4.69, 9.17) is 16.0 Å². The third-order valence-corrected chi connectivity index (χ3v) is 7.25. The molecule has 6 rings (SSSR count). The lowest BCUT2D eigenvalue weighted by atomic mass is 9.77. The van der Waals surface area contributed by atoms with Gasteiger partial charge in [-0.05, 0) is 25.3 Å². The summed E-state index contributed by atoms with van der Waals surface area (Å²) < 4.78 is 6.27. The van der Waals surface area contributed by atoms with E-state index in [0.717, 1.165) is 77.6 Å². The summed E-state index contributed by atoms with van der Waals surface area (Å²) in [6.07, 6.45) is 6.17. The molecule has 0 radical (unpaired) electrons. The second kappa shape index (κ2) is 6.99. The molecule has 0 unspecified atom stereocenters. The molecule has 1 N–H and O–H groups in total. The molecule has 2 fully saturated rings. The fourth-order valence-electron chi connectivity index (χ4n) is 5.26. The summed E-state index contributed by atoms with van der Waals surface area (Å²) in [4.78, 5) is 19.1. The number of pyridine rings is 1. The van der Waals surface area contributed by atoms with Crippen molar-refractivity contribution in [2.75, 3.05) is 24.5 Å². The highest BCUT2D eigenvalue weighted by Gasteiger charge is 2.44. The first-order chi connectivity index (χ1) is 15.2. The summed E-state index contributed by atoms with van der Waals surface area (Å²) in [7, 11) is 0. The number of anilines is 1. The van der Waals surface area contributed by atoms with E-state index in [-0.39, 0.29) is 11.3 Å². The number of para-hydroxylation sites is 2. The zero-order chi connectivity index (χ0) is 21.0. The van der Waals surface area contributed by atoms with Gasteiger partial charge in [0.15, 0.2) is 0 Å². The number of carbonyl (C=O) groups excluding carboxylic acids is 1. The molecule has 2 saturated heterocycles. The average molecular weight is 432 g/mol. The Balaban J connectivity index is 1.45. The number of amides is 1. The number of furan rings is 1. The van der Waals surface area contributed by atoms with Gasteiger partial charge in [-0.2, -0.15) is 0 Å². The number of nitrogens with zero attached hydrogens (tertiary/aromatic N) is 2. The monoisotopic (exact) mass is 431 g/mol. The molecule has 0 bridgehead atoms. The molecule has 0 saturated carbocycles. The first-order valence-corrected chi connectivity index (χ1v) is 11.1. The number of aromatic nitrogens is 1. The fourth-order valence-corrected chi connectivity index (χ4v) is 5.54. The summed E-state index contributed by atoms with van der Waals surface area (Å²) in [5.74, 6) is 0.209. The number of rotatable bonds is 2. The predicted molar refractivity (Wildman–Crippen MR) is 123 cm³/mol. The third kappa shape index (κ3) is 2.83. The number of halogens is 1. The van der Waals surface area contributed by atoms with Gasteiger partial charge < -0.3 is 14.6 Å². The minimum absolute atomic E-state index is 0.209. The van der Waals surface area contributed by atoms with E-state index in [1.54, 1.807) is 6.20 Å². The van der Waals surface area contributed by atoms with Crippen LogP contribution < -0.4 is 10.2 Å². The summed E-state index contributed by atoms with van der Waals surface area (Å²) >= 11 is 6.71. The number of hydrogen-bond donors (Lipinski definition) is 1. The molecule has 1 amide bonds. The third-order valence-electron chi connectivity index (χ3n) is 6.97. The van der Waals surface area contributed by atoms with Gasteiger partial charge in [-0.25, -0.2) is 0 Å². The van der Waals surface area contributed by atoms with E-state index in [0.29, 0.717) is 5.02 Å². The molecule has 2 aromatic carbocycles. The second-order valence-electron chi connectivity index (χ2n) is 8.57. The lowest BCUT2D eigenvalue weighted by Crippen LogP contribution is -2.44. The van der Waals surface area contributed by atoms with Crippen LogP contribution in [0.2, 0.25) is 5.02 Å². The molecule has 2 aliphatic rings. The van der Waals surface area contributed by atoms with Crippen molar-refractivity contribution in [1.82, 2.24) is 10.3 Å². The van der Waals surface area contributed by atoms with Gasteiger partial charge in [0, 0.05) is 53.9 Å². The van der Waals surface area contributed by atoms with Crippen LogP contribution >= 0.6 is 11.6 Å². The van der Waals surface area contributed by atoms with Crippen molar-refractivity contribution < 1.29 is 9.21 Å². The summed E-state index contributed by atoms with van der Waals surface area (Å²) in [6.45, 7) is 2.37. The van der Waals surface area contributed by atoms with Gasteiger partial charge in [-0.1, -0.05) is 48.0 Å². The lowest BCUT2D eigenvalue weighted by Gasteiger charge is -2.39. The molecule has 4 aromatic rings. The predicted octanol–water partition coefficient (Wildman–Crippen LogP) is 5.41. The largest absolute Gasteiger partial charge is 0.455 e. The molecule has 0 atom stereocenters. The molecule has 156 valence electrons. The number of hydrogen-bond acceptors (Lipinski definition) is 4. The molecule has 31 heavy (non-hydrogen) atoms. The SMILES string of the molecule is O=C1NCCC12CCN(c1c(Cl)cncc1-c1cccc3c1oc1ccccc13)CC2. The Morgan fingerprint density at radius 3 is 2.58 bits per heavy atom. The van der Waals surface area contributed by atoms with Crippen molar-refractivity contribution in [2.24, 2.45) is 5.41 Å². The van der Waals surface area contributed by atoms with E-state index in [1.807, 2.05) is 24.4 Å². The zero-order valence-corrected chi connectivity index (χ0v) is 17.8. The molecular formula is C25H22ClN3O2. The topological polar surface area (TPSA) is 58.4 Å². The Kier molecular flexibility index (Phi) is 4.22. The summed E-state index contributed by atoms with van der Waals surface area (Å²) in [5.41, 5.74) is 4.42. The minimum Gasteiger partial charge on any atom is -0.455 e. The summed E-state index contributed by atoms with van der Waals surface area (Å²) in [6, 6.07) is 14.3. The van der Waals surface area contributed by atoms with E-state index >= 15 is 0 Å². The highest BCUT2D eigenvalue weighted by atomic mass is 35.5. The van der Waals surface area contributed by atoms with Crippen molar-refractivity contribution in [2.45, 2.75) is 19.3 Å². The maximum Gasteiger partial charge on any atom is 0.226 e. The first kappa shape index (κ1) is 18.7. The number of nitrogens with one attached hydrogen (secondary N) is 1. The van der Waals surface area contributed by atoms with E-state index < -0.39 is 0 Å². The Labute approximate surface area is 185 Å². The maximum absolute atomic E-state index is 12.4. The second-order valence-corrected chi connectivity index (χ2v) is 8.98. The van der Waals surface area contributed by atoms with Crippen molar-refractivity contribution >= 4 is 45.1 Å². The Morgan fingerprint density at radius 2 is 1.77 bits per heavy atom. The molecule has 1 spiro atoms. The first-order valence-electron chi connectivity index (χ1n) is 10.7. The molecule has 2 aliphatic heterocycles. The Hall–Kier alpha value is -3.05. The Morgan fingerprint density at radius 1 is 0.968 bits per heavy atom. The van der Waals surface area contributed by atoms with Gasteiger partial charge >= 0.3 is 0 Å². The van der Waals surface area contributed by atoms with Crippen LogP contribution in [0.3, 0.4) is 0 Å². The highest BCUT2D eigenvalue weighted by Crippen LogP contribution is 2.45. The van der Waals surface area contributed by atoms with Gasteiger partial charge in [0.25, 0.3) is 0 Å². The van der Waals surface area contributed by atoms with Gasteiger partial charge in [0.05, 0.1) is 16.1 Å². The smallest absolute Gasteiger partial charge is 0.226 e. The van der Waals surface area contributed by atoms with Crippen LogP contribution in [0.25, 0.3) is 33.1 Å². The number of carbonyl (C=O) groups is 1. The van der Waals surface area contributed by atoms with Crippen molar-refractivity contribution in [1.29, 1.82) is 0 Å². The molecular weight excluding hydrogens is 410 g/mol. The molecule has 2 aromatic heterocycles. The van der Waals surface area contributed by atoms with Crippen LogP contribution in [0.1, 0.15) is 19.3 Å². The molecule has 0 aliphatic carbocycles. The summed E-state index contributed by atoms with van der Waals surface area (Å²) in [5, 5.41) is 5.82. The standard InChI is InChI=1S/C25H22ClN3O2/c26-20-15-27-14-19(22(20)29-12-9-25(10-13-29)8-11-28-24(25)30)18-6-3-5-17-16-4-1-2-7-21(16)31-23(17)18/h1-7,14-15H,8-13H2,(H,28,30). The van der Waals surface area contributed by atoms with Crippen LogP contribution in [0.4, 0.5) is 5.69 Å². The average Bonchev–Trinajstić information content (AvgIpc) is 3.35. The number of fused-ring (bicyclic) bond motifs is 3. The van der Waals surface area contributed by atoms with Crippen molar-refractivity contribution in [3.8, 4) is 11.1 Å². The van der Waals surface area contributed by atoms with Crippen molar-refractivity contribution in [3.63, 3.8) is 0 Å². The zero-order valence-electron chi connectivity index (χ0n) is 17.0. The van der Waals surface area contributed by atoms with E-state index in [1.165, 1.54) is 0 Å². The van der Waals surface area contributed by atoms with Gasteiger partial charge in [-0.15, -0.1) is 0 Å². The van der Waals surface area contributed by atoms with Gasteiger partial charge in [0.2, 0.25) is 5.91 Å². The highest BCUT2D eigenvalue weighted by molar-refractivity contribution is 6.34. The molecule has 5 nitrogen and oxygen atoms in total. The van der Waals surface area contributed by atoms with Crippen LogP contribution in [-0.4, -0.2) is 30.5 Å². The van der Waals surface area contributed by atoms with Crippen LogP contribution in [0.5, 0.6) is 0 Å². The van der Waals surface area contributed by atoms with E-state index in [9.17, 15) is 4.79 Å². The lowest BCUT2D eigenvalue weighted by molar-refractivity contribution is -0.128. The maximum atomic E-state index is 12.4. The quantitative estimate of drug-likeness (QED) is 0.461. The fraction of sp³-hybridized carbons (Fsp3) is 0.280. The number of piperidine rings is 1. The van der Waals surface area contributed by atoms with Crippen molar-refractivity contribution in [3.05, 3.63) is 59.9 Å². The molecule has 6 heteroatoms.